The van der Waals surface area contributed by atoms with Gasteiger partial charge < -0.3 is 9.88 Å². The monoisotopic (exact) mass is 301 g/mol. The van der Waals surface area contributed by atoms with E-state index in [9.17, 15) is 0 Å². The van der Waals surface area contributed by atoms with Gasteiger partial charge in [-0.05, 0) is 38.5 Å². The zero-order valence-corrected chi connectivity index (χ0v) is 13.8. The van der Waals surface area contributed by atoms with E-state index in [0.29, 0.717) is 0 Å². The predicted molar refractivity (Wildman–Crippen MR) is 92.1 cm³/mol. The number of fused-ring (bicyclic) bond motifs is 1. The second-order valence-electron chi connectivity index (χ2n) is 6.24. The number of imidazole rings is 1. The van der Waals surface area contributed by atoms with Crippen LogP contribution < -0.4 is 5.32 Å². The number of nitrogens with one attached hydrogen (secondary N) is 1. The zero-order valence-electron chi connectivity index (χ0n) is 13.0. The Bertz CT molecular complexity index is 631. The largest absolute Gasteiger partial charge is 0.384 e. The van der Waals surface area contributed by atoms with Gasteiger partial charge in [0.1, 0.15) is 0 Å². The number of para-hydroxylation sites is 1. The van der Waals surface area contributed by atoms with E-state index >= 15 is 0 Å². The Morgan fingerprint density at radius 3 is 3.05 bits per heavy atom. The maximum absolute atomic E-state index is 4.39. The Kier molecular flexibility index (Phi) is 3.98. The molecular formula is C17H23N3S. The Balaban J connectivity index is 2.01. The summed E-state index contributed by atoms with van der Waals surface area (Å²) in [7, 11) is 0. The molecular weight excluding hydrogens is 278 g/mol. The van der Waals surface area contributed by atoms with Gasteiger partial charge in [-0.1, -0.05) is 18.2 Å². The van der Waals surface area contributed by atoms with Crippen molar-refractivity contribution in [1.29, 1.82) is 0 Å². The normalized spacial score (nSPS) is 14.6. The van der Waals surface area contributed by atoms with E-state index < -0.39 is 0 Å². The molecule has 1 aliphatic rings. The van der Waals surface area contributed by atoms with Crippen LogP contribution in [0.4, 0.5) is 5.69 Å². The van der Waals surface area contributed by atoms with Crippen molar-refractivity contribution in [2.45, 2.75) is 38.0 Å². The van der Waals surface area contributed by atoms with Crippen LogP contribution in [0, 0.1) is 0 Å². The molecule has 21 heavy (non-hydrogen) atoms. The van der Waals surface area contributed by atoms with Crippen molar-refractivity contribution in [1.82, 2.24) is 9.55 Å². The third-order valence-corrected chi connectivity index (χ3v) is 5.40. The number of hydrogen-bond donors (Lipinski definition) is 1. The molecule has 112 valence electrons. The maximum atomic E-state index is 4.39. The maximum Gasteiger partial charge on any atom is 0.0951 e. The first-order valence-electron chi connectivity index (χ1n) is 7.52. The summed E-state index contributed by atoms with van der Waals surface area (Å²) in [6.07, 6.45) is 8.50. The van der Waals surface area contributed by atoms with Crippen LogP contribution >= 0.6 is 11.8 Å². The fourth-order valence-corrected chi connectivity index (χ4v) is 3.14. The van der Waals surface area contributed by atoms with Crippen molar-refractivity contribution in [2.24, 2.45) is 0 Å². The zero-order chi connectivity index (χ0) is 14.9. The highest BCUT2D eigenvalue weighted by molar-refractivity contribution is 7.99. The molecule has 1 aliphatic heterocycles. The van der Waals surface area contributed by atoms with Gasteiger partial charge in [0.05, 0.1) is 18.2 Å². The molecule has 4 heteroatoms. The average molecular weight is 301 g/mol. The summed E-state index contributed by atoms with van der Waals surface area (Å²) in [5.41, 5.74) is 5.22. The number of hydrogen-bond acceptors (Lipinski definition) is 3. The van der Waals surface area contributed by atoms with Gasteiger partial charge in [0.15, 0.2) is 0 Å². The van der Waals surface area contributed by atoms with Gasteiger partial charge in [-0.15, -0.1) is 0 Å². The molecule has 3 rings (SSSR count). The van der Waals surface area contributed by atoms with Gasteiger partial charge in [0.2, 0.25) is 0 Å². The van der Waals surface area contributed by atoms with E-state index in [1.807, 2.05) is 24.3 Å². The molecule has 0 unspecified atom stereocenters. The summed E-state index contributed by atoms with van der Waals surface area (Å²) in [6, 6.07) is 6.60. The van der Waals surface area contributed by atoms with Crippen LogP contribution in [0.15, 0.2) is 30.7 Å². The molecule has 0 fully saturated rings. The standard InChI is InChI=1S/C17H23N3S/c1-17(2,21-3)11-20-12-18-10-15(20)14-8-4-6-13-7-5-9-19-16(13)14/h4,6,8,10,12,19H,5,7,9,11H2,1-3H3. The van der Waals surface area contributed by atoms with Crippen molar-refractivity contribution in [3.63, 3.8) is 0 Å². The average Bonchev–Trinajstić information content (AvgIpc) is 2.94. The fraction of sp³-hybridized carbons (Fsp3) is 0.471. The number of aromatic nitrogens is 2. The minimum atomic E-state index is 0.206. The lowest BCUT2D eigenvalue weighted by Gasteiger charge is -2.25. The number of aryl methyl sites for hydroxylation is 1. The van der Waals surface area contributed by atoms with Crippen molar-refractivity contribution in [3.8, 4) is 11.3 Å². The van der Waals surface area contributed by atoms with Gasteiger partial charge in [-0.25, -0.2) is 4.98 Å². The lowest BCUT2D eigenvalue weighted by molar-refractivity contribution is 0.571. The number of benzene rings is 1. The van der Waals surface area contributed by atoms with Crippen LogP contribution in [0.2, 0.25) is 0 Å². The summed E-state index contributed by atoms with van der Waals surface area (Å²) in [5.74, 6) is 0. The fourth-order valence-electron chi connectivity index (χ4n) is 2.87. The van der Waals surface area contributed by atoms with Gasteiger partial charge >= 0.3 is 0 Å². The van der Waals surface area contributed by atoms with Gasteiger partial charge in [0, 0.05) is 29.1 Å². The van der Waals surface area contributed by atoms with Crippen LogP contribution in [-0.4, -0.2) is 27.1 Å². The lowest BCUT2D eigenvalue weighted by Crippen LogP contribution is -2.22. The van der Waals surface area contributed by atoms with E-state index in [2.05, 4.69) is 53.2 Å². The number of thioether (sulfide) groups is 1. The van der Waals surface area contributed by atoms with Crippen LogP contribution in [0.1, 0.15) is 25.8 Å². The molecule has 1 aromatic carbocycles. The third kappa shape index (κ3) is 2.95. The van der Waals surface area contributed by atoms with E-state index in [1.54, 1.807) is 0 Å². The Morgan fingerprint density at radius 1 is 1.38 bits per heavy atom. The van der Waals surface area contributed by atoms with Crippen LogP contribution in [0.3, 0.4) is 0 Å². The molecule has 0 saturated carbocycles. The Morgan fingerprint density at radius 2 is 2.24 bits per heavy atom. The van der Waals surface area contributed by atoms with Crippen molar-refractivity contribution >= 4 is 17.4 Å². The molecule has 1 N–H and O–H groups in total. The van der Waals surface area contributed by atoms with E-state index in [1.165, 1.54) is 35.3 Å². The Labute approximate surface area is 131 Å². The van der Waals surface area contributed by atoms with E-state index in [0.717, 1.165) is 13.1 Å². The van der Waals surface area contributed by atoms with Crippen molar-refractivity contribution in [3.05, 3.63) is 36.3 Å². The first-order valence-corrected chi connectivity index (χ1v) is 8.74. The number of rotatable bonds is 4. The summed E-state index contributed by atoms with van der Waals surface area (Å²) in [4.78, 5) is 4.39. The van der Waals surface area contributed by atoms with Crippen molar-refractivity contribution < 1.29 is 0 Å². The SMILES string of the molecule is CSC(C)(C)Cn1cncc1-c1cccc2c1NCCC2. The van der Waals surface area contributed by atoms with Crippen LogP contribution in [0.5, 0.6) is 0 Å². The van der Waals surface area contributed by atoms with Gasteiger partial charge in [-0.3, -0.25) is 0 Å². The molecule has 0 radical (unpaired) electrons. The molecule has 0 amide bonds. The van der Waals surface area contributed by atoms with Gasteiger partial charge in [0.25, 0.3) is 0 Å². The molecule has 2 heterocycles. The highest BCUT2D eigenvalue weighted by atomic mass is 32.2. The minimum absolute atomic E-state index is 0.206. The third-order valence-electron chi connectivity index (χ3n) is 4.17. The number of nitrogens with zero attached hydrogens (tertiary/aromatic N) is 2. The second-order valence-corrected chi connectivity index (χ2v) is 7.75. The highest BCUT2D eigenvalue weighted by Crippen LogP contribution is 2.35. The molecule has 0 aliphatic carbocycles. The smallest absolute Gasteiger partial charge is 0.0951 e. The van der Waals surface area contributed by atoms with E-state index in [-0.39, 0.29) is 4.75 Å². The summed E-state index contributed by atoms with van der Waals surface area (Å²) in [5, 5.41) is 3.58. The molecule has 2 aromatic rings. The molecule has 3 nitrogen and oxygen atoms in total. The Hall–Kier alpha value is -1.42. The minimum Gasteiger partial charge on any atom is -0.384 e. The predicted octanol–water partition coefficient (Wildman–Crippen LogP) is 4.05. The molecule has 0 atom stereocenters. The highest BCUT2D eigenvalue weighted by Gasteiger charge is 2.21. The quantitative estimate of drug-likeness (QED) is 0.924. The van der Waals surface area contributed by atoms with Crippen molar-refractivity contribution in [2.75, 3.05) is 18.1 Å². The second kappa shape index (κ2) is 5.76. The topological polar surface area (TPSA) is 29.9 Å². The van der Waals surface area contributed by atoms with E-state index in [4.69, 9.17) is 0 Å². The lowest BCUT2D eigenvalue weighted by atomic mass is 9.98. The summed E-state index contributed by atoms with van der Waals surface area (Å²) >= 11 is 1.89. The summed E-state index contributed by atoms with van der Waals surface area (Å²) < 4.78 is 2.49. The van der Waals surface area contributed by atoms with Crippen LogP contribution in [0.25, 0.3) is 11.3 Å². The number of anilines is 1. The van der Waals surface area contributed by atoms with Crippen LogP contribution in [-0.2, 0) is 13.0 Å². The molecule has 0 spiro atoms. The first kappa shape index (κ1) is 14.5. The molecule has 1 aromatic heterocycles. The summed E-state index contributed by atoms with van der Waals surface area (Å²) in [6.45, 7) is 6.59. The molecule has 0 saturated heterocycles. The van der Waals surface area contributed by atoms with Gasteiger partial charge in [-0.2, -0.15) is 11.8 Å². The molecule has 0 bridgehead atoms. The first-order chi connectivity index (χ1) is 10.1.